The number of hydrogen-bond acceptors (Lipinski definition) is 1. The van der Waals surface area contributed by atoms with E-state index in [2.05, 4.69) is 53.3 Å². The van der Waals surface area contributed by atoms with Gasteiger partial charge in [-0.05, 0) is 24.6 Å². The Balaban J connectivity index is 1.95. The van der Waals surface area contributed by atoms with Crippen molar-refractivity contribution in [1.82, 2.24) is 14.8 Å². The SMILES string of the molecule is Cc1ccc([C@H]2c3cccn3CCN2C(=O)NCCCl)cc1. The fourth-order valence-corrected chi connectivity index (χ4v) is 3.05. The monoisotopic (exact) mass is 317 g/mol. The van der Waals surface area contributed by atoms with Gasteiger partial charge >= 0.3 is 6.03 Å². The Labute approximate surface area is 135 Å². The lowest BCUT2D eigenvalue weighted by Crippen LogP contribution is -2.47. The van der Waals surface area contributed by atoms with Gasteiger partial charge in [-0.15, -0.1) is 11.6 Å². The van der Waals surface area contributed by atoms with Gasteiger partial charge in [-0.1, -0.05) is 29.8 Å². The lowest BCUT2D eigenvalue weighted by Gasteiger charge is -2.37. The number of benzene rings is 1. The third kappa shape index (κ3) is 2.83. The van der Waals surface area contributed by atoms with E-state index in [1.165, 1.54) is 5.56 Å². The normalized spacial score (nSPS) is 17.2. The van der Waals surface area contributed by atoms with Gasteiger partial charge in [0, 0.05) is 37.4 Å². The average Bonchev–Trinajstić information content (AvgIpc) is 3.01. The zero-order chi connectivity index (χ0) is 15.5. The molecule has 0 fully saturated rings. The molecule has 1 aromatic carbocycles. The molecule has 2 heterocycles. The number of rotatable bonds is 3. The summed E-state index contributed by atoms with van der Waals surface area (Å²) in [5.41, 5.74) is 3.50. The third-order valence-electron chi connectivity index (χ3n) is 4.06. The summed E-state index contributed by atoms with van der Waals surface area (Å²) in [6.45, 7) is 4.06. The van der Waals surface area contributed by atoms with Crippen LogP contribution in [0.2, 0.25) is 0 Å². The van der Waals surface area contributed by atoms with E-state index in [0.717, 1.165) is 17.8 Å². The van der Waals surface area contributed by atoms with Crippen LogP contribution in [-0.2, 0) is 6.54 Å². The van der Waals surface area contributed by atoms with Crippen molar-refractivity contribution < 1.29 is 4.79 Å². The molecule has 1 aliphatic heterocycles. The molecule has 2 amide bonds. The first kappa shape index (κ1) is 15.0. The van der Waals surface area contributed by atoms with E-state index < -0.39 is 0 Å². The minimum Gasteiger partial charge on any atom is -0.348 e. The number of fused-ring (bicyclic) bond motifs is 1. The van der Waals surface area contributed by atoms with Crippen LogP contribution in [-0.4, -0.2) is 34.5 Å². The average molecular weight is 318 g/mol. The number of hydrogen-bond donors (Lipinski definition) is 1. The summed E-state index contributed by atoms with van der Waals surface area (Å²) in [5, 5.41) is 2.88. The number of halogens is 1. The Morgan fingerprint density at radius 2 is 2.05 bits per heavy atom. The van der Waals surface area contributed by atoms with Crippen LogP contribution in [0.4, 0.5) is 4.79 Å². The molecule has 0 unspecified atom stereocenters. The molecule has 0 spiro atoms. The van der Waals surface area contributed by atoms with Crippen LogP contribution < -0.4 is 5.32 Å². The molecule has 22 heavy (non-hydrogen) atoms. The first-order valence-corrected chi connectivity index (χ1v) is 8.06. The van der Waals surface area contributed by atoms with Gasteiger partial charge in [0.25, 0.3) is 0 Å². The molecule has 0 radical (unpaired) electrons. The number of urea groups is 1. The quantitative estimate of drug-likeness (QED) is 0.868. The second-order valence-electron chi connectivity index (χ2n) is 5.55. The third-order valence-corrected chi connectivity index (χ3v) is 4.25. The maximum absolute atomic E-state index is 12.5. The molecule has 1 N–H and O–H groups in total. The van der Waals surface area contributed by atoms with Crippen molar-refractivity contribution in [2.24, 2.45) is 0 Å². The predicted octanol–water partition coefficient (Wildman–Crippen LogP) is 3.15. The number of carbonyl (C=O) groups excluding carboxylic acids is 1. The Bertz CT molecular complexity index is 650. The van der Waals surface area contributed by atoms with Gasteiger partial charge in [0.05, 0.1) is 6.04 Å². The van der Waals surface area contributed by atoms with E-state index >= 15 is 0 Å². The van der Waals surface area contributed by atoms with E-state index in [0.29, 0.717) is 19.0 Å². The standard InChI is InChI=1S/C17H20ClN3O/c1-13-4-6-14(7-5-13)16-15-3-2-10-20(15)11-12-21(16)17(22)19-9-8-18/h2-7,10,16H,8-9,11-12H2,1H3,(H,19,22)/t16-/m0/s1. The maximum atomic E-state index is 12.5. The zero-order valence-corrected chi connectivity index (χ0v) is 13.4. The molecule has 0 saturated carbocycles. The van der Waals surface area contributed by atoms with Crippen LogP contribution in [0, 0.1) is 6.92 Å². The molecule has 1 aliphatic rings. The molecule has 1 aromatic heterocycles. The van der Waals surface area contributed by atoms with Gasteiger partial charge in [-0.3, -0.25) is 0 Å². The Kier molecular flexibility index (Phi) is 4.39. The summed E-state index contributed by atoms with van der Waals surface area (Å²) < 4.78 is 2.22. The maximum Gasteiger partial charge on any atom is 0.318 e. The number of aryl methyl sites for hydroxylation is 1. The molecule has 5 heteroatoms. The summed E-state index contributed by atoms with van der Waals surface area (Å²) in [6, 6.07) is 12.4. The van der Waals surface area contributed by atoms with Gasteiger partial charge in [-0.25, -0.2) is 4.79 Å². The van der Waals surface area contributed by atoms with E-state index in [1.807, 2.05) is 11.0 Å². The highest BCUT2D eigenvalue weighted by molar-refractivity contribution is 6.18. The number of amides is 2. The highest BCUT2D eigenvalue weighted by Gasteiger charge is 2.31. The first-order chi connectivity index (χ1) is 10.7. The largest absolute Gasteiger partial charge is 0.348 e. The van der Waals surface area contributed by atoms with Crippen LogP contribution in [0.15, 0.2) is 42.6 Å². The van der Waals surface area contributed by atoms with Gasteiger partial charge in [-0.2, -0.15) is 0 Å². The molecule has 0 aliphatic carbocycles. The molecular weight excluding hydrogens is 298 g/mol. The van der Waals surface area contributed by atoms with E-state index in [-0.39, 0.29) is 12.1 Å². The van der Waals surface area contributed by atoms with E-state index in [4.69, 9.17) is 11.6 Å². The van der Waals surface area contributed by atoms with Crippen molar-refractivity contribution in [2.45, 2.75) is 19.5 Å². The number of nitrogens with one attached hydrogen (secondary N) is 1. The molecule has 4 nitrogen and oxygen atoms in total. The molecule has 3 rings (SSSR count). The Morgan fingerprint density at radius 1 is 1.27 bits per heavy atom. The predicted molar refractivity (Wildman–Crippen MR) is 88.3 cm³/mol. The fraction of sp³-hybridized carbons (Fsp3) is 0.353. The van der Waals surface area contributed by atoms with Crippen LogP contribution in [0.5, 0.6) is 0 Å². The first-order valence-electron chi connectivity index (χ1n) is 7.53. The van der Waals surface area contributed by atoms with Crippen molar-refractivity contribution in [1.29, 1.82) is 0 Å². The van der Waals surface area contributed by atoms with Crippen molar-refractivity contribution in [2.75, 3.05) is 19.0 Å². The lowest BCUT2D eigenvalue weighted by atomic mass is 9.99. The Morgan fingerprint density at radius 3 is 2.77 bits per heavy atom. The van der Waals surface area contributed by atoms with Crippen molar-refractivity contribution in [3.05, 3.63) is 59.4 Å². The summed E-state index contributed by atoms with van der Waals surface area (Å²) >= 11 is 5.68. The summed E-state index contributed by atoms with van der Waals surface area (Å²) in [6.07, 6.45) is 2.07. The number of carbonyl (C=O) groups is 1. The molecule has 0 saturated heterocycles. The number of aromatic nitrogens is 1. The molecule has 116 valence electrons. The fourth-order valence-electron chi connectivity index (χ4n) is 2.96. The lowest BCUT2D eigenvalue weighted by molar-refractivity contribution is 0.169. The smallest absolute Gasteiger partial charge is 0.318 e. The van der Waals surface area contributed by atoms with Crippen LogP contribution >= 0.6 is 11.6 Å². The van der Waals surface area contributed by atoms with Gasteiger partial charge < -0.3 is 14.8 Å². The van der Waals surface area contributed by atoms with E-state index in [1.54, 1.807) is 0 Å². The van der Waals surface area contributed by atoms with Crippen LogP contribution in [0.1, 0.15) is 22.9 Å². The number of nitrogens with zero attached hydrogens (tertiary/aromatic N) is 2. The van der Waals surface area contributed by atoms with Crippen molar-refractivity contribution in [3.63, 3.8) is 0 Å². The summed E-state index contributed by atoms with van der Waals surface area (Å²) in [7, 11) is 0. The summed E-state index contributed by atoms with van der Waals surface area (Å²) in [5.74, 6) is 0.422. The topological polar surface area (TPSA) is 37.3 Å². The molecule has 0 bridgehead atoms. The summed E-state index contributed by atoms with van der Waals surface area (Å²) in [4.78, 5) is 14.4. The van der Waals surface area contributed by atoms with Gasteiger partial charge in [0.2, 0.25) is 0 Å². The number of alkyl halides is 1. The van der Waals surface area contributed by atoms with Crippen molar-refractivity contribution >= 4 is 17.6 Å². The van der Waals surface area contributed by atoms with Gasteiger partial charge in [0.1, 0.15) is 0 Å². The highest BCUT2D eigenvalue weighted by atomic mass is 35.5. The van der Waals surface area contributed by atoms with Crippen LogP contribution in [0.25, 0.3) is 0 Å². The highest BCUT2D eigenvalue weighted by Crippen LogP contribution is 2.32. The van der Waals surface area contributed by atoms with Crippen LogP contribution in [0.3, 0.4) is 0 Å². The second kappa shape index (κ2) is 6.44. The minimum atomic E-state index is -0.0568. The van der Waals surface area contributed by atoms with Crippen molar-refractivity contribution in [3.8, 4) is 0 Å². The van der Waals surface area contributed by atoms with E-state index in [9.17, 15) is 4.79 Å². The molecule has 1 atom stereocenters. The molecule has 2 aromatic rings. The molecular formula is C17H20ClN3O. The Hall–Kier alpha value is -1.94. The second-order valence-corrected chi connectivity index (χ2v) is 5.93. The zero-order valence-electron chi connectivity index (χ0n) is 12.6. The van der Waals surface area contributed by atoms with Gasteiger partial charge in [0.15, 0.2) is 0 Å². The minimum absolute atomic E-state index is 0.0559.